The van der Waals surface area contributed by atoms with E-state index in [4.69, 9.17) is 4.74 Å². The van der Waals surface area contributed by atoms with Crippen molar-refractivity contribution in [1.82, 2.24) is 9.78 Å². The number of rotatable bonds is 7. The molecule has 8 nitrogen and oxygen atoms in total. The van der Waals surface area contributed by atoms with E-state index in [1.165, 1.54) is 37.6 Å². The summed E-state index contributed by atoms with van der Waals surface area (Å²) in [4.78, 5) is 12.2. The van der Waals surface area contributed by atoms with E-state index >= 15 is 0 Å². The Kier molecular flexibility index (Phi) is 5.94. The van der Waals surface area contributed by atoms with Crippen molar-refractivity contribution in [3.8, 4) is 16.3 Å². The van der Waals surface area contributed by atoms with Gasteiger partial charge < -0.3 is 10.1 Å². The summed E-state index contributed by atoms with van der Waals surface area (Å²) in [5.74, 6) is 0.0683. The van der Waals surface area contributed by atoms with E-state index < -0.39 is 10.0 Å². The summed E-state index contributed by atoms with van der Waals surface area (Å²) in [7, 11) is -2.54. The lowest BCUT2D eigenvalue weighted by molar-refractivity contribution is -0.114. The van der Waals surface area contributed by atoms with Crippen LogP contribution in [0.25, 0.3) is 10.6 Å². The molecule has 29 heavy (non-hydrogen) atoms. The van der Waals surface area contributed by atoms with E-state index in [1.807, 2.05) is 31.4 Å². The molecular weight excluding hydrogens is 412 g/mol. The van der Waals surface area contributed by atoms with Gasteiger partial charge in [0, 0.05) is 24.8 Å². The Hall–Kier alpha value is -2.85. The number of nitrogens with one attached hydrogen (secondary N) is 2. The third kappa shape index (κ3) is 4.60. The topological polar surface area (TPSA) is 102 Å². The Morgan fingerprint density at radius 1 is 1.28 bits per heavy atom. The van der Waals surface area contributed by atoms with Gasteiger partial charge in [0.15, 0.2) is 0 Å². The van der Waals surface area contributed by atoms with E-state index in [1.54, 1.807) is 16.8 Å². The first-order chi connectivity index (χ1) is 13.7. The molecule has 154 valence electrons. The van der Waals surface area contributed by atoms with Crippen LogP contribution in [0.4, 0.5) is 11.4 Å². The van der Waals surface area contributed by atoms with Gasteiger partial charge in [-0.1, -0.05) is 6.07 Å². The van der Waals surface area contributed by atoms with Crippen molar-refractivity contribution in [2.24, 2.45) is 0 Å². The average Bonchev–Trinajstić information content (AvgIpc) is 3.31. The van der Waals surface area contributed by atoms with E-state index in [2.05, 4.69) is 15.1 Å². The maximum atomic E-state index is 13.3. The second-order valence-electron chi connectivity index (χ2n) is 6.59. The van der Waals surface area contributed by atoms with Crippen molar-refractivity contribution >= 4 is 38.6 Å². The number of anilines is 2. The number of benzene rings is 1. The van der Waals surface area contributed by atoms with Crippen LogP contribution in [-0.4, -0.2) is 31.2 Å². The van der Waals surface area contributed by atoms with Crippen molar-refractivity contribution < 1.29 is 17.9 Å². The number of hydrogen-bond donors (Lipinski definition) is 2. The highest BCUT2D eigenvalue weighted by atomic mass is 32.2. The molecule has 0 saturated heterocycles. The average molecular weight is 435 g/mol. The van der Waals surface area contributed by atoms with Crippen LogP contribution in [0.1, 0.15) is 26.8 Å². The van der Waals surface area contributed by atoms with Crippen LogP contribution in [0.2, 0.25) is 0 Å². The molecule has 0 aliphatic rings. The van der Waals surface area contributed by atoms with E-state index in [0.717, 1.165) is 4.88 Å². The summed E-state index contributed by atoms with van der Waals surface area (Å²) >= 11 is 1.41. The zero-order valence-corrected chi connectivity index (χ0v) is 18.1. The summed E-state index contributed by atoms with van der Waals surface area (Å²) in [6.07, 6.45) is 1.52. The molecule has 2 N–H and O–H groups in total. The van der Waals surface area contributed by atoms with Crippen LogP contribution in [0.15, 0.2) is 46.8 Å². The molecule has 0 fully saturated rings. The second-order valence-corrected chi connectivity index (χ2v) is 9.19. The van der Waals surface area contributed by atoms with Crippen molar-refractivity contribution in [3.63, 3.8) is 0 Å². The normalized spacial score (nSPS) is 11.5. The molecule has 0 bridgehead atoms. The van der Waals surface area contributed by atoms with Crippen LogP contribution in [0.3, 0.4) is 0 Å². The molecule has 0 atom stereocenters. The number of ether oxygens (including phenoxy) is 1. The Bertz CT molecular complexity index is 1120. The molecule has 0 aliphatic heterocycles. The fourth-order valence-electron chi connectivity index (χ4n) is 2.69. The number of amides is 1. The summed E-state index contributed by atoms with van der Waals surface area (Å²) < 4.78 is 36.0. The quantitative estimate of drug-likeness (QED) is 0.586. The zero-order chi connectivity index (χ0) is 21.2. The number of carbonyl (C=O) groups is 1. The number of nitrogens with zero attached hydrogens (tertiary/aromatic N) is 2. The molecule has 1 amide bonds. The number of methoxy groups -OCH3 is 1. The Morgan fingerprint density at radius 3 is 2.62 bits per heavy atom. The first kappa shape index (κ1) is 20.9. The van der Waals surface area contributed by atoms with Gasteiger partial charge >= 0.3 is 0 Å². The third-order valence-electron chi connectivity index (χ3n) is 4.04. The molecule has 2 heterocycles. The van der Waals surface area contributed by atoms with Gasteiger partial charge in [0.05, 0.1) is 17.7 Å². The molecule has 3 rings (SSSR count). The first-order valence-corrected chi connectivity index (χ1v) is 11.2. The minimum atomic E-state index is -3.98. The van der Waals surface area contributed by atoms with Crippen molar-refractivity contribution in [1.29, 1.82) is 0 Å². The summed E-state index contributed by atoms with van der Waals surface area (Å²) in [5, 5.41) is 8.98. The zero-order valence-electron chi connectivity index (χ0n) is 16.5. The molecule has 0 saturated carbocycles. The van der Waals surface area contributed by atoms with Crippen molar-refractivity contribution in [2.75, 3.05) is 17.1 Å². The Morgan fingerprint density at radius 2 is 2.03 bits per heavy atom. The lowest BCUT2D eigenvalue weighted by Crippen LogP contribution is -2.14. The van der Waals surface area contributed by atoms with Crippen molar-refractivity contribution in [2.45, 2.75) is 31.7 Å². The fourth-order valence-corrected chi connectivity index (χ4v) is 4.69. The minimum Gasteiger partial charge on any atom is -0.495 e. The molecule has 0 spiro atoms. The van der Waals surface area contributed by atoms with Gasteiger partial charge in [-0.3, -0.25) is 14.2 Å². The maximum Gasteiger partial charge on any atom is 0.265 e. The number of aromatic nitrogens is 2. The van der Waals surface area contributed by atoms with E-state index in [-0.39, 0.29) is 22.5 Å². The van der Waals surface area contributed by atoms with Gasteiger partial charge in [-0.25, -0.2) is 8.42 Å². The minimum absolute atomic E-state index is 0.00436. The van der Waals surface area contributed by atoms with Gasteiger partial charge in [0.1, 0.15) is 16.3 Å². The first-order valence-electron chi connectivity index (χ1n) is 8.82. The summed E-state index contributed by atoms with van der Waals surface area (Å²) in [6.45, 7) is 5.23. The predicted octanol–water partition coefficient (Wildman–Crippen LogP) is 3.96. The SMILES string of the molecule is COc1ccc(NC(C)=O)cc1NS(=O)(=O)c1cn(C(C)C)nc1-c1cccs1. The number of thiophene rings is 1. The number of carbonyl (C=O) groups excluding carboxylic acids is 1. The third-order valence-corrected chi connectivity index (χ3v) is 6.28. The fraction of sp³-hybridized carbons (Fsp3) is 0.263. The smallest absolute Gasteiger partial charge is 0.265 e. The molecule has 0 aliphatic carbocycles. The highest BCUT2D eigenvalue weighted by Gasteiger charge is 2.26. The second kappa shape index (κ2) is 8.26. The number of sulfonamides is 1. The van der Waals surface area contributed by atoms with Gasteiger partial charge in [-0.05, 0) is 43.5 Å². The molecule has 1 aromatic carbocycles. The summed E-state index contributed by atoms with van der Waals surface area (Å²) in [6, 6.07) is 8.39. The molecule has 0 unspecified atom stereocenters. The van der Waals surface area contributed by atoms with Crippen LogP contribution in [-0.2, 0) is 14.8 Å². The standard InChI is InChI=1S/C19H22N4O4S2/c1-12(2)23-11-18(19(21-23)17-6-5-9-28-17)29(25,26)22-15-10-14(20-13(3)24)7-8-16(15)27-4/h5-12,22H,1-4H3,(H,20,24). The van der Waals surface area contributed by atoms with E-state index in [9.17, 15) is 13.2 Å². The predicted molar refractivity (Wildman–Crippen MR) is 114 cm³/mol. The van der Waals surface area contributed by atoms with Crippen LogP contribution in [0, 0.1) is 0 Å². The highest BCUT2D eigenvalue weighted by Crippen LogP contribution is 2.34. The van der Waals surface area contributed by atoms with E-state index in [0.29, 0.717) is 17.1 Å². The molecule has 2 aromatic heterocycles. The van der Waals surface area contributed by atoms with Crippen LogP contribution >= 0.6 is 11.3 Å². The van der Waals surface area contributed by atoms with Crippen LogP contribution in [0.5, 0.6) is 5.75 Å². The van der Waals surface area contributed by atoms with Crippen LogP contribution < -0.4 is 14.8 Å². The largest absolute Gasteiger partial charge is 0.495 e. The van der Waals surface area contributed by atoms with Gasteiger partial charge in [0.25, 0.3) is 10.0 Å². The van der Waals surface area contributed by atoms with Gasteiger partial charge in [0.2, 0.25) is 5.91 Å². The Balaban J connectivity index is 2.05. The highest BCUT2D eigenvalue weighted by molar-refractivity contribution is 7.92. The lowest BCUT2D eigenvalue weighted by atomic mass is 10.2. The van der Waals surface area contributed by atoms with Crippen molar-refractivity contribution in [3.05, 3.63) is 41.9 Å². The molecule has 10 heteroatoms. The maximum absolute atomic E-state index is 13.3. The molecule has 3 aromatic rings. The molecular formula is C19H22N4O4S2. The molecule has 0 radical (unpaired) electrons. The van der Waals surface area contributed by atoms with Gasteiger partial charge in [-0.2, -0.15) is 5.10 Å². The lowest BCUT2D eigenvalue weighted by Gasteiger charge is -2.13. The Labute approximate surface area is 173 Å². The number of hydrogen-bond acceptors (Lipinski definition) is 6. The summed E-state index contributed by atoms with van der Waals surface area (Å²) in [5.41, 5.74) is 1.05. The monoisotopic (exact) mass is 434 g/mol. The van der Waals surface area contributed by atoms with Gasteiger partial charge in [-0.15, -0.1) is 11.3 Å².